The van der Waals surface area contributed by atoms with Crippen LogP contribution in [0.5, 0.6) is 5.75 Å². The third kappa shape index (κ3) is 3.71. The number of carbonyl (C=O) groups is 1. The molecule has 1 aliphatic rings. The molecular formula is C22H20F3N3O3. The largest absolute Gasteiger partial charge is 0.478 e. The fraction of sp³-hybridized carbons (Fsp3) is 0.273. The summed E-state index contributed by atoms with van der Waals surface area (Å²) in [5, 5.41) is 5.96. The number of halogens is 3. The summed E-state index contributed by atoms with van der Waals surface area (Å²) < 4.78 is 47.6. The first kappa shape index (κ1) is 20.8. The zero-order valence-corrected chi connectivity index (χ0v) is 16.8. The maximum Gasteiger partial charge on any atom is 0.428 e. The van der Waals surface area contributed by atoms with E-state index in [1.54, 1.807) is 49.5 Å². The molecule has 2 aromatic carbocycles. The maximum atomic E-state index is 13.6. The number of pyridine rings is 1. The molecule has 0 aliphatic carbocycles. The van der Waals surface area contributed by atoms with Crippen molar-refractivity contribution in [3.63, 3.8) is 0 Å². The predicted octanol–water partition coefficient (Wildman–Crippen LogP) is 4.50. The Hall–Kier alpha value is -3.49. The van der Waals surface area contributed by atoms with Crippen molar-refractivity contribution in [1.82, 2.24) is 9.88 Å². The lowest BCUT2D eigenvalue weighted by molar-refractivity contribution is -0.249. The average molecular weight is 431 g/mol. The molecule has 0 unspecified atom stereocenters. The molecule has 31 heavy (non-hydrogen) atoms. The molecule has 4 rings (SSSR count). The number of fused-ring (bicyclic) bond motifs is 2. The maximum absolute atomic E-state index is 13.6. The fourth-order valence-corrected chi connectivity index (χ4v) is 3.78. The molecule has 9 heteroatoms. The molecule has 2 heterocycles. The number of anilines is 1. The zero-order valence-electron chi connectivity index (χ0n) is 16.8. The number of para-hydroxylation sites is 1. The number of hydrogen-bond donors (Lipinski definition) is 2. The Morgan fingerprint density at radius 1 is 1.13 bits per heavy atom. The van der Waals surface area contributed by atoms with Crippen molar-refractivity contribution in [3.8, 4) is 5.75 Å². The van der Waals surface area contributed by atoms with Crippen LogP contribution in [-0.4, -0.2) is 22.4 Å². The van der Waals surface area contributed by atoms with Crippen LogP contribution in [0.4, 0.5) is 23.7 Å². The van der Waals surface area contributed by atoms with Gasteiger partial charge in [-0.05, 0) is 31.2 Å². The smallest absolute Gasteiger partial charge is 0.428 e. The molecule has 3 aromatic rings. The molecule has 2 amide bonds. The Morgan fingerprint density at radius 2 is 1.87 bits per heavy atom. The molecule has 0 fully saturated rings. The minimum absolute atomic E-state index is 0.0824. The quantitative estimate of drug-likeness (QED) is 0.627. The summed E-state index contributed by atoms with van der Waals surface area (Å²) in [4.78, 5) is 24.6. The summed E-state index contributed by atoms with van der Waals surface area (Å²) in [6, 6.07) is 12.8. The first-order valence-corrected chi connectivity index (χ1v) is 9.60. The van der Waals surface area contributed by atoms with Crippen LogP contribution in [0.15, 0.2) is 59.4 Å². The summed E-state index contributed by atoms with van der Waals surface area (Å²) >= 11 is 0. The monoisotopic (exact) mass is 431 g/mol. The zero-order chi connectivity index (χ0) is 22.4. The van der Waals surface area contributed by atoms with Crippen LogP contribution >= 0.6 is 0 Å². The van der Waals surface area contributed by atoms with Crippen molar-refractivity contribution >= 4 is 22.6 Å². The van der Waals surface area contributed by atoms with Crippen LogP contribution < -0.4 is 20.9 Å². The SMILES string of the molecule is Cn1c(=O)ccc2c(NC(=O)N[C@@H]3C[C@@](C)(C(F)(F)F)Oc4ccccc43)cccc21. The molecule has 2 atom stereocenters. The van der Waals surface area contributed by atoms with Crippen molar-refractivity contribution < 1.29 is 22.7 Å². The number of aromatic nitrogens is 1. The van der Waals surface area contributed by atoms with Gasteiger partial charge >= 0.3 is 12.2 Å². The van der Waals surface area contributed by atoms with E-state index >= 15 is 0 Å². The van der Waals surface area contributed by atoms with Gasteiger partial charge in [-0.3, -0.25) is 4.79 Å². The van der Waals surface area contributed by atoms with Gasteiger partial charge in [0.1, 0.15) is 5.75 Å². The standard InChI is InChI=1S/C22H20F3N3O3/c1-21(22(23,24)25)12-16(14-6-3-4-9-18(14)31-21)27-20(30)26-15-7-5-8-17-13(15)10-11-19(29)28(17)2/h3-11,16H,12H2,1-2H3,(H2,26,27,30)/t16-,21+/m1/s1. The topological polar surface area (TPSA) is 72.4 Å². The van der Waals surface area contributed by atoms with Crippen molar-refractivity contribution in [2.75, 3.05) is 5.32 Å². The number of rotatable bonds is 2. The Balaban J connectivity index is 1.62. The fourth-order valence-electron chi connectivity index (χ4n) is 3.78. The Bertz CT molecular complexity index is 1220. The predicted molar refractivity (Wildman–Crippen MR) is 110 cm³/mol. The number of ether oxygens (including phenoxy) is 1. The number of aryl methyl sites for hydroxylation is 1. The molecule has 0 spiro atoms. The summed E-state index contributed by atoms with van der Waals surface area (Å²) in [6.07, 6.45) is -5.08. The summed E-state index contributed by atoms with van der Waals surface area (Å²) in [5.74, 6) is 0.0824. The second kappa shape index (κ2) is 7.33. The van der Waals surface area contributed by atoms with E-state index in [0.29, 0.717) is 22.2 Å². The Kier molecular flexibility index (Phi) is 4.91. The number of urea groups is 1. The molecule has 0 saturated carbocycles. The van der Waals surface area contributed by atoms with Crippen molar-refractivity contribution in [2.45, 2.75) is 31.2 Å². The van der Waals surface area contributed by atoms with E-state index in [-0.39, 0.29) is 11.3 Å². The lowest BCUT2D eigenvalue weighted by Gasteiger charge is -2.40. The van der Waals surface area contributed by atoms with Gasteiger partial charge in [-0.2, -0.15) is 13.2 Å². The molecule has 0 bridgehead atoms. The van der Waals surface area contributed by atoms with Gasteiger partial charge in [-0.1, -0.05) is 24.3 Å². The van der Waals surface area contributed by atoms with Crippen LogP contribution in [0, 0.1) is 0 Å². The second-order valence-electron chi connectivity index (χ2n) is 7.69. The highest BCUT2D eigenvalue weighted by atomic mass is 19.4. The summed E-state index contributed by atoms with van der Waals surface area (Å²) in [5.41, 5.74) is -1.10. The number of nitrogens with one attached hydrogen (secondary N) is 2. The third-order valence-electron chi connectivity index (χ3n) is 5.54. The van der Waals surface area contributed by atoms with E-state index in [0.717, 1.165) is 6.92 Å². The molecule has 0 saturated heterocycles. The van der Waals surface area contributed by atoms with Crippen LogP contribution in [0.3, 0.4) is 0 Å². The van der Waals surface area contributed by atoms with Crippen molar-refractivity contribution in [1.29, 1.82) is 0 Å². The van der Waals surface area contributed by atoms with Crippen molar-refractivity contribution in [2.24, 2.45) is 7.05 Å². The molecule has 0 radical (unpaired) electrons. The lowest BCUT2D eigenvalue weighted by atomic mass is 9.88. The van der Waals surface area contributed by atoms with Crippen LogP contribution in [0.1, 0.15) is 24.9 Å². The first-order valence-electron chi connectivity index (χ1n) is 9.60. The number of nitrogens with zero attached hydrogens (tertiary/aromatic N) is 1. The minimum Gasteiger partial charge on any atom is -0.478 e. The molecule has 162 valence electrons. The molecular weight excluding hydrogens is 411 g/mol. The van der Waals surface area contributed by atoms with Gasteiger partial charge in [0.2, 0.25) is 5.60 Å². The average Bonchev–Trinajstić information content (AvgIpc) is 2.70. The number of alkyl halides is 3. The molecule has 6 nitrogen and oxygen atoms in total. The minimum atomic E-state index is -4.61. The van der Waals surface area contributed by atoms with Gasteiger partial charge in [-0.25, -0.2) is 4.79 Å². The normalized spacial score (nSPS) is 20.6. The highest BCUT2D eigenvalue weighted by molar-refractivity contribution is 6.00. The highest BCUT2D eigenvalue weighted by Crippen LogP contribution is 2.46. The third-order valence-corrected chi connectivity index (χ3v) is 5.54. The van der Waals surface area contributed by atoms with Gasteiger partial charge in [-0.15, -0.1) is 0 Å². The Labute approximate surface area is 175 Å². The second-order valence-corrected chi connectivity index (χ2v) is 7.69. The van der Waals surface area contributed by atoms with Gasteiger partial charge in [0, 0.05) is 30.5 Å². The van der Waals surface area contributed by atoms with E-state index in [4.69, 9.17) is 4.74 Å². The first-order chi connectivity index (χ1) is 14.6. The number of hydrogen-bond acceptors (Lipinski definition) is 3. The van der Waals surface area contributed by atoms with E-state index in [2.05, 4.69) is 10.6 Å². The van der Waals surface area contributed by atoms with Crippen LogP contribution in [0.2, 0.25) is 0 Å². The molecule has 1 aliphatic heterocycles. The van der Waals surface area contributed by atoms with E-state index < -0.39 is 30.3 Å². The van der Waals surface area contributed by atoms with E-state index in [9.17, 15) is 22.8 Å². The number of carbonyl (C=O) groups excluding carboxylic acids is 1. The molecule has 2 N–H and O–H groups in total. The highest BCUT2D eigenvalue weighted by Gasteiger charge is 2.57. The van der Waals surface area contributed by atoms with Gasteiger partial charge in [0.05, 0.1) is 17.2 Å². The summed E-state index contributed by atoms with van der Waals surface area (Å²) in [7, 11) is 1.62. The van der Waals surface area contributed by atoms with E-state index in [1.165, 1.54) is 16.7 Å². The number of amides is 2. The van der Waals surface area contributed by atoms with Crippen molar-refractivity contribution in [3.05, 3.63) is 70.5 Å². The van der Waals surface area contributed by atoms with Gasteiger partial charge < -0.3 is 19.9 Å². The van der Waals surface area contributed by atoms with E-state index in [1.807, 2.05) is 0 Å². The van der Waals surface area contributed by atoms with Gasteiger partial charge in [0.15, 0.2) is 0 Å². The number of benzene rings is 2. The van der Waals surface area contributed by atoms with Gasteiger partial charge in [0.25, 0.3) is 5.56 Å². The Morgan fingerprint density at radius 3 is 2.61 bits per heavy atom. The lowest BCUT2D eigenvalue weighted by Crippen LogP contribution is -2.53. The van der Waals surface area contributed by atoms with Crippen LogP contribution in [0.25, 0.3) is 10.9 Å². The summed E-state index contributed by atoms with van der Waals surface area (Å²) in [6.45, 7) is 0.973. The molecule has 1 aromatic heterocycles. The van der Waals surface area contributed by atoms with Crippen LogP contribution in [-0.2, 0) is 7.05 Å².